The van der Waals surface area contributed by atoms with Crippen LogP contribution in [0, 0.1) is 11.8 Å². The molecule has 0 aromatic carbocycles. The molecule has 1 saturated heterocycles. The van der Waals surface area contributed by atoms with Crippen molar-refractivity contribution in [3.05, 3.63) is 0 Å². The van der Waals surface area contributed by atoms with Crippen molar-refractivity contribution < 1.29 is 9.53 Å². The highest BCUT2D eigenvalue weighted by Gasteiger charge is 2.25. The minimum atomic E-state index is -0.103. The van der Waals surface area contributed by atoms with Gasteiger partial charge >= 0.3 is 5.97 Å². The van der Waals surface area contributed by atoms with Crippen LogP contribution in [0.4, 0.5) is 0 Å². The summed E-state index contributed by atoms with van der Waals surface area (Å²) in [7, 11) is 3.32. The van der Waals surface area contributed by atoms with Crippen molar-refractivity contribution in [1.29, 1.82) is 0 Å². The van der Waals surface area contributed by atoms with Crippen molar-refractivity contribution in [3.63, 3.8) is 0 Å². The molecule has 1 atom stereocenters. The third-order valence-corrected chi connectivity index (χ3v) is 4.42. The quantitative estimate of drug-likeness (QED) is 0.190. The van der Waals surface area contributed by atoms with Gasteiger partial charge in [0.05, 0.1) is 7.11 Å². The highest BCUT2D eigenvalue weighted by Crippen LogP contribution is 2.23. The van der Waals surface area contributed by atoms with Gasteiger partial charge in [-0.2, -0.15) is 0 Å². The molecule has 1 N–H and O–H groups in total. The summed E-state index contributed by atoms with van der Waals surface area (Å²) in [5.74, 6) is 2.53. The van der Waals surface area contributed by atoms with Gasteiger partial charge in [-0.25, -0.2) is 0 Å². The molecule has 1 fully saturated rings. The highest BCUT2D eigenvalue weighted by molar-refractivity contribution is 14.0. The standard InChI is InChI=1S/C18H35N3O2.HI/c1-15(2)13-16-10-12-21(14-16)18(19-3)20-11-8-6-5-7-9-17(22)23-4;/h15-16H,5-14H2,1-4H3,(H,19,20);1H. The number of hydrogen-bond donors (Lipinski definition) is 1. The number of rotatable bonds is 9. The Hall–Kier alpha value is -0.530. The molecule has 0 aliphatic carbocycles. The first-order valence-corrected chi connectivity index (χ1v) is 9.09. The zero-order valence-electron chi connectivity index (χ0n) is 15.8. The summed E-state index contributed by atoms with van der Waals surface area (Å²) in [6.45, 7) is 7.81. The first kappa shape index (κ1) is 23.5. The van der Waals surface area contributed by atoms with Crippen molar-refractivity contribution in [2.45, 2.75) is 58.8 Å². The van der Waals surface area contributed by atoms with Gasteiger partial charge in [-0.15, -0.1) is 24.0 Å². The summed E-state index contributed by atoms with van der Waals surface area (Å²) in [6.07, 6.45) is 7.39. The lowest BCUT2D eigenvalue weighted by molar-refractivity contribution is -0.140. The Morgan fingerprint density at radius 3 is 2.62 bits per heavy atom. The minimum Gasteiger partial charge on any atom is -0.469 e. The summed E-state index contributed by atoms with van der Waals surface area (Å²) < 4.78 is 4.64. The van der Waals surface area contributed by atoms with Crippen LogP contribution >= 0.6 is 24.0 Å². The van der Waals surface area contributed by atoms with E-state index in [0.29, 0.717) is 6.42 Å². The first-order chi connectivity index (χ1) is 11.1. The fraction of sp³-hybridized carbons (Fsp3) is 0.889. The molecule has 24 heavy (non-hydrogen) atoms. The van der Waals surface area contributed by atoms with Crippen LogP contribution in [-0.2, 0) is 9.53 Å². The number of carbonyl (C=O) groups is 1. The summed E-state index contributed by atoms with van der Waals surface area (Å²) in [6, 6.07) is 0. The third-order valence-electron chi connectivity index (χ3n) is 4.42. The summed E-state index contributed by atoms with van der Waals surface area (Å²) in [5.41, 5.74) is 0. The summed E-state index contributed by atoms with van der Waals surface area (Å²) in [5, 5.41) is 3.48. The maximum atomic E-state index is 11.0. The van der Waals surface area contributed by atoms with Gasteiger partial charge in [-0.05, 0) is 37.5 Å². The van der Waals surface area contributed by atoms with Crippen molar-refractivity contribution >= 4 is 35.9 Å². The number of esters is 1. The van der Waals surface area contributed by atoms with E-state index in [2.05, 4.69) is 33.8 Å². The molecule has 0 bridgehead atoms. The molecular formula is C18H36IN3O2. The molecule has 142 valence electrons. The number of unbranched alkanes of at least 4 members (excludes halogenated alkanes) is 3. The van der Waals surface area contributed by atoms with Gasteiger partial charge in [0, 0.05) is 33.1 Å². The van der Waals surface area contributed by atoms with Crippen LogP contribution in [0.15, 0.2) is 4.99 Å². The molecule has 0 amide bonds. The van der Waals surface area contributed by atoms with E-state index in [1.807, 2.05) is 7.05 Å². The average molecular weight is 453 g/mol. The van der Waals surface area contributed by atoms with Gasteiger partial charge in [0.25, 0.3) is 0 Å². The molecule has 1 heterocycles. The second kappa shape index (κ2) is 13.7. The van der Waals surface area contributed by atoms with E-state index in [-0.39, 0.29) is 29.9 Å². The predicted molar refractivity (Wildman–Crippen MR) is 111 cm³/mol. The Labute approximate surface area is 165 Å². The fourth-order valence-corrected chi connectivity index (χ4v) is 3.27. The largest absolute Gasteiger partial charge is 0.469 e. The van der Waals surface area contributed by atoms with Crippen LogP contribution in [0.2, 0.25) is 0 Å². The highest BCUT2D eigenvalue weighted by atomic mass is 127. The van der Waals surface area contributed by atoms with Crippen molar-refractivity contribution in [2.24, 2.45) is 16.8 Å². The molecule has 6 heteroatoms. The number of aliphatic imine (C=N–C) groups is 1. The monoisotopic (exact) mass is 453 g/mol. The molecule has 1 aliphatic heterocycles. The maximum Gasteiger partial charge on any atom is 0.305 e. The van der Waals surface area contributed by atoms with Crippen molar-refractivity contribution in [2.75, 3.05) is 33.8 Å². The lowest BCUT2D eigenvalue weighted by atomic mass is 9.97. The van der Waals surface area contributed by atoms with Crippen LogP contribution in [0.5, 0.6) is 0 Å². The molecule has 0 saturated carbocycles. The molecule has 0 spiro atoms. The summed E-state index contributed by atoms with van der Waals surface area (Å²) in [4.78, 5) is 17.8. The Balaban J connectivity index is 0.00000529. The number of likely N-dealkylation sites (tertiary alicyclic amines) is 1. The van der Waals surface area contributed by atoms with Gasteiger partial charge in [-0.3, -0.25) is 9.79 Å². The van der Waals surface area contributed by atoms with Crippen LogP contribution in [0.3, 0.4) is 0 Å². The van der Waals surface area contributed by atoms with E-state index in [4.69, 9.17) is 0 Å². The third kappa shape index (κ3) is 9.69. The van der Waals surface area contributed by atoms with E-state index in [1.54, 1.807) is 0 Å². The molecule has 1 unspecified atom stereocenters. The number of halogens is 1. The molecule has 5 nitrogen and oxygen atoms in total. The molecule has 0 aromatic heterocycles. The number of methoxy groups -OCH3 is 1. The number of ether oxygens (including phenoxy) is 1. The zero-order valence-corrected chi connectivity index (χ0v) is 18.2. The Kier molecular flexibility index (Phi) is 13.4. The Morgan fingerprint density at radius 2 is 2.00 bits per heavy atom. The maximum absolute atomic E-state index is 11.0. The first-order valence-electron chi connectivity index (χ1n) is 9.09. The normalized spacial score (nSPS) is 17.8. The fourth-order valence-electron chi connectivity index (χ4n) is 3.27. The molecule has 1 aliphatic rings. The minimum absolute atomic E-state index is 0. The van der Waals surface area contributed by atoms with E-state index < -0.39 is 0 Å². The topological polar surface area (TPSA) is 53.9 Å². The van der Waals surface area contributed by atoms with Crippen molar-refractivity contribution in [3.8, 4) is 0 Å². The predicted octanol–water partition coefficient (Wildman–Crippen LogP) is 3.67. The second-order valence-electron chi connectivity index (χ2n) is 6.94. The van der Waals surface area contributed by atoms with Crippen LogP contribution in [0.25, 0.3) is 0 Å². The van der Waals surface area contributed by atoms with Crippen LogP contribution in [-0.4, -0.2) is 50.6 Å². The molecule has 0 aromatic rings. The van der Waals surface area contributed by atoms with Gasteiger partial charge in [0.15, 0.2) is 5.96 Å². The van der Waals surface area contributed by atoms with Gasteiger partial charge in [0.2, 0.25) is 0 Å². The average Bonchev–Trinajstić information content (AvgIpc) is 2.97. The van der Waals surface area contributed by atoms with E-state index in [9.17, 15) is 4.79 Å². The smallest absolute Gasteiger partial charge is 0.305 e. The summed E-state index contributed by atoms with van der Waals surface area (Å²) >= 11 is 0. The van der Waals surface area contributed by atoms with Crippen LogP contribution < -0.4 is 5.32 Å². The molecule has 1 rings (SSSR count). The number of carbonyl (C=O) groups excluding carboxylic acids is 1. The Bertz CT molecular complexity index is 375. The SMILES string of the molecule is CN=C(NCCCCCCC(=O)OC)N1CCC(CC(C)C)C1.I. The van der Waals surface area contributed by atoms with Crippen molar-refractivity contribution in [1.82, 2.24) is 10.2 Å². The lowest BCUT2D eigenvalue weighted by Gasteiger charge is -2.22. The van der Waals surface area contributed by atoms with E-state index in [1.165, 1.54) is 20.0 Å². The second-order valence-corrected chi connectivity index (χ2v) is 6.94. The zero-order chi connectivity index (χ0) is 17.1. The number of nitrogens with zero attached hydrogens (tertiary/aromatic N) is 2. The van der Waals surface area contributed by atoms with Gasteiger partial charge in [0.1, 0.15) is 0 Å². The van der Waals surface area contributed by atoms with Gasteiger partial charge in [-0.1, -0.05) is 26.7 Å². The Morgan fingerprint density at radius 1 is 1.29 bits per heavy atom. The van der Waals surface area contributed by atoms with Gasteiger partial charge < -0.3 is 15.0 Å². The molecular weight excluding hydrogens is 417 g/mol. The number of hydrogen-bond acceptors (Lipinski definition) is 3. The molecule has 0 radical (unpaired) electrons. The van der Waals surface area contributed by atoms with Crippen LogP contribution in [0.1, 0.15) is 58.8 Å². The van der Waals surface area contributed by atoms with E-state index >= 15 is 0 Å². The number of nitrogens with one attached hydrogen (secondary N) is 1. The lowest BCUT2D eigenvalue weighted by Crippen LogP contribution is -2.40. The number of guanidine groups is 1. The van der Waals surface area contributed by atoms with E-state index in [0.717, 1.165) is 63.1 Å².